The van der Waals surface area contributed by atoms with E-state index in [1.807, 2.05) is 0 Å². The van der Waals surface area contributed by atoms with Gasteiger partial charge in [-0.15, -0.1) is 11.8 Å². The Balaban J connectivity index is 2.84. The molecule has 0 spiro atoms. The zero-order chi connectivity index (χ0) is 14.6. The molecule has 0 aliphatic carbocycles. The first-order chi connectivity index (χ1) is 8.82. The molecular formula is C13H16FNO3S. The van der Waals surface area contributed by atoms with Gasteiger partial charge in [-0.25, -0.2) is 4.39 Å². The normalized spacial score (nSPS) is 12.4. The topological polar surface area (TPSA) is 80.4 Å². The molecule has 0 fully saturated rings. The molecule has 3 N–H and O–H groups in total. The summed E-state index contributed by atoms with van der Waals surface area (Å²) < 4.78 is 13.6. The highest BCUT2D eigenvalue weighted by Crippen LogP contribution is 2.25. The van der Waals surface area contributed by atoms with E-state index >= 15 is 0 Å². The van der Waals surface area contributed by atoms with Gasteiger partial charge in [0.15, 0.2) is 0 Å². The second-order valence-electron chi connectivity index (χ2n) is 4.48. The van der Waals surface area contributed by atoms with Crippen LogP contribution in [0.25, 0.3) is 0 Å². The van der Waals surface area contributed by atoms with Crippen molar-refractivity contribution < 1.29 is 19.1 Å². The monoisotopic (exact) mass is 285 g/mol. The molecule has 4 nitrogen and oxygen atoms in total. The molecular weight excluding hydrogens is 269 g/mol. The van der Waals surface area contributed by atoms with Crippen LogP contribution in [0.15, 0.2) is 18.2 Å². The quantitative estimate of drug-likeness (QED) is 0.840. The molecule has 0 heterocycles. The van der Waals surface area contributed by atoms with Gasteiger partial charge in [-0.2, -0.15) is 0 Å². The molecule has 0 aromatic heterocycles. The average Bonchev–Trinajstić information content (AvgIpc) is 2.30. The molecule has 0 aliphatic rings. The minimum absolute atomic E-state index is 0.0649. The molecule has 0 bridgehead atoms. The summed E-state index contributed by atoms with van der Waals surface area (Å²) in [6.07, 6.45) is 0. The summed E-state index contributed by atoms with van der Waals surface area (Å²) in [6, 6.07) is 3.84. The van der Waals surface area contributed by atoms with Crippen molar-refractivity contribution in [3.05, 3.63) is 35.1 Å². The Morgan fingerprint density at radius 1 is 1.42 bits per heavy atom. The third kappa shape index (κ3) is 4.24. The molecule has 1 rings (SSSR count). The van der Waals surface area contributed by atoms with Gasteiger partial charge in [0.1, 0.15) is 11.1 Å². The van der Waals surface area contributed by atoms with E-state index in [1.54, 1.807) is 13.8 Å². The van der Waals surface area contributed by atoms with Crippen molar-refractivity contribution in [2.24, 2.45) is 11.7 Å². The molecule has 0 radical (unpaired) electrons. The Bertz CT molecular complexity index is 491. The number of benzene rings is 1. The standard InChI is InChI=1S/C13H16FNO3S/c1-7(2)11(13(17)18)19-6-9-5-8(12(15)16)3-4-10(9)14/h3-5,7,11H,6H2,1-2H3,(H2,15,16)(H,17,18). The lowest BCUT2D eigenvalue weighted by Crippen LogP contribution is -2.22. The smallest absolute Gasteiger partial charge is 0.316 e. The minimum Gasteiger partial charge on any atom is -0.480 e. The van der Waals surface area contributed by atoms with Crippen LogP contribution in [0.1, 0.15) is 29.8 Å². The van der Waals surface area contributed by atoms with Gasteiger partial charge in [-0.1, -0.05) is 13.8 Å². The fourth-order valence-corrected chi connectivity index (χ4v) is 2.67. The Hall–Kier alpha value is -1.56. The maximum absolute atomic E-state index is 13.6. The van der Waals surface area contributed by atoms with Gasteiger partial charge < -0.3 is 10.8 Å². The molecule has 0 aliphatic heterocycles. The number of amides is 1. The number of carboxylic acid groups (broad SMARTS) is 1. The van der Waals surface area contributed by atoms with Gasteiger partial charge in [0.05, 0.1) is 0 Å². The summed E-state index contributed by atoms with van der Waals surface area (Å²) in [7, 11) is 0. The lowest BCUT2D eigenvalue weighted by Gasteiger charge is -2.15. The first-order valence-electron chi connectivity index (χ1n) is 5.75. The molecule has 1 unspecified atom stereocenters. The Kier molecular flexibility index (Phi) is 5.35. The summed E-state index contributed by atoms with van der Waals surface area (Å²) in [5.74, 6) is -1.91. The number of carbonyl (C=O) groups is 2. The summed E-state index contributed by atoms with van der Waals surface area (Å²) in [5, 5.41) is 8.43. The maximum atomic E-state index is 13.6. The third-order valence-electron chi connectivity index (χ3n) is 2.60. The van der Waals surface area contributed by atoms with E-state index in [-0.39, 0.29) is 22.8 Å². The van der Waals surface area contributed by atoms with E-state index in [4.69, 9.17) is 10.8 Å². The van der Waals surface area contributed by atoms with Crippen LogP contribution in [0.5, 0.6) is 0 Å². The molecule has 1 aromatic rings. The number of rotatable bonds is 6. The highest BCUT2D eigenvalue weighted by atomic mass is 32.2. The highest BCUT2D eigenvalue weighted by Gasteiger charge is 2.22. The van der Waals surface area contributed by atoms with Crippen molar-refractivity contribution in [3.8, 4) is 0 Å². The predicted octanol–water partition coefficient (Wildman–Crippen LogP) is 2.27. The molecule has 0 saturated heterocycles. The van der Waals surface area contributed by atoms with Crippen molar-refractivity contribution in [1.82, 2.24) is 0 Å². The largest absolute Gasteiger partial charge is 0.480 e. The van der Waals surface area contributed by atoms with Gasteiger partial charge in [0, 0.05) is 11.3 Å². The van der Waals surface area contributed by atoms with Crippen LogP contribution in [0.3, 0.4) is 0 Å². The van der Waals surface area contributed by atoms with Crippen LogP contribution >= 0.6 is 11.8 Å². The number of carbonyl (C=O) groups excluding carboxylic acids is 1. The van der Waals surface area contributed by atoms with Crippen LogP contribution in [-0.2, 0) is 10.5 Å². The maximum Gasteiger partial charge on any atom is 0.316 e. The number of carboxylic acids is 1. The number of nitrogens with two attached hydrogens (primary N) is 1. The molecule has 1 atom stereocenters. The number of hydrogen-bond acceptors (Lipinski definition) is 3. The van der Waals surface area contributed by atoms with Crippen LogP contribution < -0.4 is 5.73 Å². The molecule has 1 aromatic carbocycles. The number of halogens is 1. The van der Waals surface area contributed by atoms with Crippen LogP contribution in [0, 0.1) is 11.7 Å². The number of thioether (sulfide) groups is 1. The summed E-state index contributed by atoms with van der Waals surface area (Å²) in [6.45, 7) is 3.59. The van der Waals surface area contributed by atoms with Gasteiger partial charge in [0.25, 0.3) is 0 Å². The molecule has 19 heavy (non-hydrogen) atoms. The molecule has 0 saturated carbocycles. The van der Waals surface area contributed by atoms with Gasteiger partial charge in [0.2, 0.25) is 5.91 Å². The number of aliphatic carboxylic acids is 1. The second-order valence-corrected chi connectivity index (χ2v) is 5.61. The van der Waals surface area contributed by atoms with Crippen LogP contribution in [0.2, 0.25) is 0 Å². The zero-order valence-corrected chi connectivity index (χ0v) is 11.5. The predicted molar refractivity (Wildman–Crippen MR) is 72.5 cm³/mol. The number of primary amides is 1. The summed E-state index contributed by atoms with van der Waals surface area (Å²) in [4.78, 5) is 22.1. The summed E-state index contributed by atoms with van der Waals surface area (Å²) in [5.41, 5.74) is 5.62. The molecule has 6 heteroatoms. The lowest BCUT2D eigenvalue weighted by molar-refractivity contribution is -0.137. The lowest BCUT2D eigenvalue weighted by atomic mass is 10.1. The SMILES string of the molecule is CC(C)C(SCc1cc(C(N)=O)ccc1F)C(=O)O. The van der Waals surface area contributed by atoms with Crippen LogP contribution in [0.4, 0.5) is 4.39 Å². The van der Waals surface area contributed by atoms with E-state index in [9.17, 15) is 14.0 Å². The molecule has 1 amide bonds. The average molecular weight is 285 g/mol. The van der Waals surface area contributed by atoms with Crippen molar-refractivity contribution in [2.75, 3.05) is 0 Å². The Labute approximate surface area is 115 Å². The Morgan fingerprint density at radius 2 is 2.05 bits per heavy atom. The first kappa shape index (κ1) is 15.5. The zero-order valence-electron chi connectivity index (χ0n) is 10.7. The third-order valence-corrected chi connectivity index (χ3v) is 4.18. The van der Waals surface area contributed by atoms with Gasteiger partial charge in [-0.3, -0.25) is 9.59 Å². The number of hydrogen-bond donors (Lipinski definition) is 2. The first-order valence-corrected chi connectivity index (χ1v) is 6.80. The van der Waals surface area contributed by atoms with E-state index in [1.165, 1.54) is 18.2 Å². The van der Waals surface area contributed by atoms with Crippen LogP contribution in [-0.4, -0.2) is 22.2 Å². The Morgan fingerprint density at radius 3 is 2.53 bits per heavy atom. The van der Waals surface area contributed by atoms with E-state index in [0.717, 1.165) is 11.8 Å². The van der Waals surface area contributed by atoms with Crippen molar-refractivity contribution in [2.45, 2.75) is 24.9 Å². The van der Waals surface area contributed by atoms with E-state index in [2.05, 4.69) is 0 Å². The summed E-state index contributed by atoms with van der Waals surface area (Å²) >= 11 is 1.13. The van der Waals surface area contributed by atoms with Crippen molar-refractivity contribution in [3.63, 3.8) is 0 Å². The second kappa shape index (κ2) is 6.56. The van der Waals surface area contributed by atoms with Gasteiger partial charge >= 0.3 is 5.97 Å². The molecule has 104 valence electrons. The van der Waals surface area contributed by atoms with E-state index < -0.39 is 22.9 Å². The van der Waals surface area contributed by atoms with Gasteiger partial charge in [-0.05, 0) is 29.7 Å². The highest BCUT2D eigenvalue weighted by molar-refractivity contribution is 7.99. The minimum atomic E-state index is -0.925. The van der Waals surface area contributed by atoms with E-state index in [0.29, 0.717) is 0 Å². The fraction of sp³-hybridized carbons (Fsp3) is 0.385. The van der Waals surface area contributed by atoms with Crippen molar-refractivity contribution >= 4 is 23.6 Å². The fourth-order valence-electron chi connectivity index (χ4n) is 1.57. The van der Waals surface area contributed by atoms with Crippen molar-refractivity contribution in [1.29, 1.82) is 0 Å².